The fourth-order valence-corrected chi connectivity index (χ4v) is 3.32. The second-order valence-corrected chi connectivity index (χ2v) is 6.06. The summed E-state index contributed by atoms with van der Waals surface area (Å²) in [4.78, 5) is 36.3. The van der Waals surface area contributed by atoms with Crippen molar-refractivity contribution in [3.63, 3.8) is 0 Å². The number of carbonyl (C=O) groups excluding carboxylic acids is 3. The molecule has 18 heavy (non-hydrogen) atoms. The zero-order valence-electron chi connectivity index (χ0n) is 11.0. The zero-order valence-corrected chi connectivity index (χ0v) is 11.0. The minimum atomic E-state index is -1.24. The van der Waals surface area contributed by atoms with E-state index < -0.39 is 11.4 Å². The Hall–Kier alpha value is -1.39. The summed E-state index contributed by atoms with van der Waals surface area (Å²) in [6.07, 6.45) is 1.10. The molecule has 2 aliphatic rings. The summed E-state index contributed by atoms with van der Waals surface area (Å²) in [7, 11) is 0. The molecule has 2 rings (SSSR count). The lowest BCUT2D eigenvalue weighted by atomic mass is 9.62. The van der Waals surface area contributed by atoms with Gasteiger partial charge in [0.2, 0.25) is 11.8 Å². The van der Waals surface area contributed by atoms with Gasteiger partial charge in [0.25, 0.3) is 0 Å². The van der Waals surface area contributed by atoms with Crippen molar-refractivity contribution in [3.8, 4) is 0 Å². The number of carboxylic acid groups (broad SMARTS) is 1. The Kier molecular flexibility index (Phi) is 2.76. The first-order valence-corrected chi connectivity index (χ1v) is 6.27. The van der Waals surface area contributed by atoms with Gasteiger partial charge in [-0.15, -0.1) is 0 Å². The first-order valence-electron chi connectivity index (χ1n) is 6.27. The third-order valence-corrected chi connectivity index (χ3v) is 5.05. The lowest BCUT2D eigenvalue weighted by Crippen LogP contribution is -2.59. The number of rotatable bonds is 3. The van der Waals surface area contributed by atoms with E-state index in [1.807, 2.05) is 20.8 Å². The van der Waals surface area contributed by atoms with Crippen molar-refractivity contribution < 1.29 is 19.5 Å². The highest BCUT2D eigenvalue weighted by atomic mass is 16.4. The average molecular weight is 252 g/mol. The van der Waals surface area contributed by atoms with Gasteiger partial charge in [0, 0.05) is 24.9 Å². The summed E-state index contributed by atoms with van der Waals surface area (Å²) in [6.45, 7) is 5.73. The molecule has 0 N–H and O–H groups in total. The molecule has 0 aromatic heterocycles. The molecule has 2 amide bonds. The van der Waals surface area contributed by atoms with Crippen LogP contribution < -0.4 is 5.11 Å². The Labute approximate surface area is 106 Å². The number of carbonyl (C=O) groups is 3. The van der Waals surface area contributed by atoms with E-state index in [0.29, 0.717) is 12.8 Å². The van der Waals surface area contributed by atoms with Crippen LogP contribution >= 0.6 is 0 Å². The van der Waals surface area contributed by atoms with Crippen LogP contribution in [0.3, 0.4) is 0 Å². The minimum absolute atomic E-state index is 0.0673. The second kappa shape index (κ2) is 3.80. The molecule has 0 aromatic rings. The van der Waals surface area contributed by atoms with Crippen molar-refractivity contribution in [2.75, 3.05) is 6.54 Å². The zero-order chi connectivity index (χ0) is 13.7. The van der Waals surface area contributed by atoms with E-state index in [2.05, 4.69) is 0 Å². The summed E-state index contributed by atoms with van der Waals surface area (Å²) < 4.78 is 0. The van der Waals surface area contributed by atoms with Gasteiger partial charge in [-0.3, -0.25) is 14.5 Å². The Balaban J connectivity index is 2.30. The summed E-state index contributed by atoms with van der Waals surface area (Å²) >= 11 is 0. The first-order chi connectivity index (χ1) is 8.22. The van der Waals surface area contributed by atoms with Crippen molar-refractivity contribution in [1.29, 1.82) is 0 Å². The normalized spacial score (nSPS) is 33.9. The van der Waals surface area contributed by atoms with Gasteiger partial charge < -0.3 is 9.90 Å². The van der Waals surface area contributed by atoms with E-state index in [1.54, 1.807) is 0 Å². The second-order valence-electron chi connectivity index (χ2n) is 6.06. The number of imide groups is 1. The van der Waals surface area contributed by atoms with Crippen LogP contribution in [0.25, 0.3) is 0 Å². The molecule has 1 saturated carbocycles. The van der Waals surface area contributed by atoms with Crippen LogP contribution in [0.15, 0.2) is 0 Å². The highest BCUT2D eigenvalue weighted by Gasteiger charge is 2.64. The van der Waals surface area contributed by atoms with Crippen LogP contribution in [0.4, 0.5) is 0 Å². The molecule has 0 aromatic carbocycles. The number of piperidine rings is 1. The van der Waals surface area contributed by atoms with Crippen molar-refractivity contribution in [1.82, 2.24) is 4.90 Å². The predicted octanol–water partition coefficient (Wildman–Crippen LogP) is -0.0623. The molecule has 1 aliphatic heterocycles. The molecule has 0 radical (unpaired) electrons. The van der Waals surface area contributed by atoms with Crippen molar-refractivity contribution in [3.05, 3.63) is 0 Å². The lowest BCUT2D eigenvalue weighted by molar-refractivity contribution is -0.305. The van der Waals surface area contributed by atoms with E-state index in [1.165, 1.54) is 0 Å². The van der Waals surface area contributed by atoms with Crippen molar-refractivity contribution in [2.24, 2.45) is 16.7 Å². The van der Waals surface area contributed by atoms with Gasteiger partial charge in [0.15, 0.2) is 0 Å². The predicted molar refractivity (Wildman–Crippen MR) is 61.0 cm³/mol. The first kappa shape index (κ1) is 13.1. The Morgan fingerprint density at radius 3 is 2.56 bits per heavy atom. The molecule has 1 aliphatic carbocycles. The third kappa shape index (κ3) is 1.49. The molecule has 5 heteroatoms. The summed E-state index contributed by atoms with van der Waals surface area (Å²) in [5.74, 6) is -1.87. The lowest BCUT2D eigenvalue weighted by Gasteiger charge is -2.47. The number of amides is 2. The van der Waals surface area contributed by atoms with Gasteiger partial charge in [-0.1, -0.05) is 20.8 Å². The highest BCUT2D eigenvalue weighted by molar-refractivity contribution is 6.04. The van der Waals surface area contributed by atoms with Crippen molar-refractivity contribution >= 4 is 17.8 Å². The standard InChI is InChI=1S/C13H19NO4/c1-12(2)8-4-6-13(12,3)11(18)14(10(8)17)7-5-9(15)16/h8H,4-7H2,1-3H3,(H,15,16)/p-1/t8-,13-/m1/s1. The van der Waals surface area contributed by atoms with E-state index in [9.17, 15) is 19.5 Å². The van der Waals surface area contributed by atoms with Crippen molar-refractivity contribution in [2.45, 2.75) is 40.0 Å². The van der Waals surface area contributed by atoms with Crippen LogP contribution in [0, 0.1) is 16.7 Å². The average Bonchev–Trinajstić information content (AvgIpc) is 2.44. The topological polar surface area (TPSA) is 77.5 Å². The maximum absolute atomic E-state index is 12.4. The van der Waals surface area contributed by atoms with Crippen LogP contribution in [0.5, 0.6) is 0 Å². The number of nitrogens with zero attached hydrogens (tertiary/aromatic N) is 1. The number of carboxylic acids is 1. The van der Waals surface area contributed by atoms with Gasteiger partial charge in [-0.2, -0.15) is 0 Å². The molecule has 0 unspecified atom stereocenters. The highest BCUT2D eigenvalue weighted by Crippen LogP contribution is 2.59. The van der Waals surface area contributed by atoms with E-state index in [4.69, 9.17) is 0 Å². The number of hydrogen-bond acceptors (Lipinski definition) is 4. The number of hydrogen-bond donors (Lipinski definition) is 0. The quantitative estimate of drug-likeness (QED) is 0.659. The van der Waals surface area contributed by atoms with Gasteiger partial charge in [-0.05, 0) is 18.3 Å². The van der Waals surface area contributed by atoms with Gasteiger partial charge >= 0.3 is 0 Å². The Bertz CT molecular complexity index is 429. The van der Waals surface area contributed by atoms with Gasteiger partial charge in [0.1, 0.15) is 0 Å². The fraction of sp³-hybridized carbons (Fsp3) is 0.769. The molecule has 1 heterocycles. The molecule has 2 atom stereocenters. The number of likely N-dealkylation sites (tertiary alicyclic amines) is 1. The van der Waals surface area contributed by atoms with Crippen LogP contribution in [0.1, 0.15) is 40.0 Å². The van der Waals surface area contributed by atoms with E-state index in [0.717, 1.165) is 4.90 Å². The monoisotopic (exact) mass is 252 g/mol. The molecular weight excluding hydrogens is 234 g/mol. The maximum atomic E-state index is 12.4. The van der Waals surface area contributed by atoms with E-state index in [-0.39, 0.29) is 36.1 Å². The van der Waals surface area contributed by atoms with Crippen LogP contribution in [0.2, 0.25) is 0 Å². The number of fused-ring (bicyclic) bond motifs is 2. The minimum Gasteiger partial charge on any atom is -0.550 e. The summed E-state index contributed by atoms with van der Waals surface area (Å²) in [5.41, 5.74) is -0.906. The molecule has 2 fully saturated rings. The molecule has 0 spiro atoms. The Morgan fingerprint density at radius 1 is 1.39 bits per heavy atom. The fourth-order valence-electron chi connectivity index (χ4n) is 3.32. The van der Waals surface area contributed by atoms with Gasteiger partial charge in [0.05, 0.1) is 5.41 Å². The van der Waals surface area contributed by atoms with Crippen LogP contribution in [-0.4, -0.2) is 29.2 Å². The largest absolute Gasteiger partial charge is 0.550 e. The third-order valence-electron chi connectivity index (χ3n) is 5.05. The molecular formula is C13H18NO4-. The SMILES string of the molecule is CC1(C)[C@@H]2CC[C@]1(C)C(=O)N(CCC(=O)[O-])C2=O. The summed E-state index contributed by atoms with van der Waals surface area (Å²) in [5, 5.41) is 10.5. The summed E-state index contributed by atoms with van der Waals surface area (Å²) in [6, 6.07) is 0. The Morgan fingerprint density at radius 2 is 2.00 bits per heavy atom. The van der Waals surface area contributed by atoms with E-state index >= 15 is 0 Å². The van der Waals surface area contributed by atoms with Crippen LogP contribution in [-0.2, 0) is 14.4 Å². The smallest absolute Gasteiger partial charge is 0.235 e. The maximum Gasteiger partial charge on any atom is 0.235 e. The number of aliphatic carboxylic acids is 1. The molecule has 1 saturated heterocycles. The molecule has 5 nitrogen and oxygen atoms in total. The molecule has 2 bridgehead atoms. The molecule has 100 valence electrons. The van der Waals surface area contributed by atoms with Gasteiger partial charge in [-0.25, -0.2) is 0 Å².